The number of hydrogen-bond acceptors (Lipinski definition) is 3. The lowest BCUT2D eigenvalue weighted by Gasteiger charge is -1.98. The van der Waals surface area contributed by atoms with Crippen molar-refractivity contribution in [1.82, 2.24) is 0 Å². The second-order valence-corrected chi connectivity index (χ2v) is 3.85. The van der Waals surface area contributed by atoms with Crippen LogP contribution >= 0.6 is 15.6 Å². The fourth-order valence-electron chi connectivity index (χ4n) is 0.150. The van der Waals surface area contributed by atoms with Crippen molar-refractivity contribution in [2.24, 2.45) is 0 Å². The van der Waals surface area contributed by atoms with Gasteiger partial charge in [0.05, 0.1) is 6.61 Å². The molecule has 0 unspecified atom stereocenters. The van der Waals surface area contributed by atoms with Gasteiger partial charge < -0.3 is 24.5 Å². The van der Waals surface area contributed by atoms with Crippen molar-refractivity contribution in [1.29, 1.82) is 0 Å². The van der Waals surface area contributed by atoms with Crippen molar-refractivity contribution in [2.75, 3.05) is 6.61 Å². The zero-order valence-corrected chi connectivity index (χ0v) is 8.14. The van der Waals surface area contributed by atoms with E-state index < -0.39 is 15.6 Å². The van der Waals surface area contributed by atoms with Crippen molar-refractivity contribution in [3.8, 4) is 0 Å². The van der Waals surface area contributed by atoms with Crippen LogP contribution in [0.25, 0.3) is 0 Å². The zero-order chi connectivity index (χ0) is 11.1. The van der Waals surface area contributed by atoms with Gasteiger partial charge >= 0.3 is 15.6 Å². The molecule has 0 aromatic heterocycles. The molecule has 0 fully saturated rings. The Morgan fingerprint density at radius 1 is 1.15 bits per heavy atom. The molecule has 0 aliphatic rings. The van der Waals surface area contributed by atoms with Gasteiger partial charge in [0, 0.05) is 0 Å². The molecule has 8 nitrogen and oxygen atoms in total. The fourth-order valence-corrected chi connectivity index (χ4v) is 0.449. The average Bonchev–Trinajstić information content (AvgIpc) is 1.77. The molecule has 0 atom stereocenters. The van der Waals surface area contributed by atoms with Crippen molar-refractivity contribution in [2.45, 2.75) is 0 Å². The number of phosphoric acid groups is 2. The highest BCUT2D eigenvalue weighted by molar-refractivity contribution is 7.46. The van der Waals surface area contributed by atoms with E-state index in [-0.39, 0.29) is 6.61 Å². The van der Waals surface area contributed by atoms with E-state index in [0.29, 0.717) is 0 Å². The van der Waals surface area contributed by atoms with Crippen molar-refractivity contribution >= 4 is 15.6 Å². The third kappa shape index (κ3) is 48.2. The molecule has 0 amide bonds. The Bertz CT molecular complexity index is 215. The summed E-state index contributed by atoms with van der Waals surface area (Å²) < 4.78 is 22.6. The maximum atomic E-state index is 9.81. The minimum absolute atomic E-state index is 0.121. The highest BCUT2D eigenvalue weighted by atomic mass is 31.2. The van der Waals surface area contributed by atoms with Crippen molar-refractivity contribution in [3.05, 3.63) is 12.7 Å². The lowest BCUT2D eigenvalue weighted by Crippen LogP contribution is -1.86. The Morgan fingerprint density at radius 2 is 1.46 bits per heavy atom. The molecule has 0 spiro atoms. The van der Waals surface area contributed by atoms with Crippen LogP contribution in [0.5, 0.6) is 0 Å². The summed E-state index contributed by atoms with van der Waals surface area (Å²) >= 11 is 0. The summed E-state index contributed by atoms with van der Waals surface area (Å²) in [6.45, 7) is 3.07. The first-order valence-electron chi connectivity index (χ1n) is 2.65. The van der Waals surface area contributed by atoms with Gasteiger partial charge in [0.15, 0.2) is 0 Å². The van der Waals surface area contributed by atoms with Crippen LogP contribution in [-0.4, -0.2) is 31.1 Å². The van der Waals surface area contributed by atoms with Crippen LogP contribution in [-0.2, 0) is 13.7 Å². The molecule has 0 rings (SSSR count). The molecule has 0 saturated heterocycles. The molecule has 0 aromatic carbocycles. The maximum Gasteiger partial charge on any atom is 0.469 e. The normalized spacial score (nSPS) is 11.5. The molecule has 0 heterocycles. The second kappa shape index (κ2) is 6.42. The number of rotatable bonds is 3. The van der Waals surface area contributed by atoms with Gasteiger partial charge in [-0.05, 0) is 0 Å². The molecular weight excluding hydrogens is 226 g/mol. The van der Waals surface area contributed by atoms with Crippen molar-refractivity contribution in [3.63, 3.8) is 0 Å². The van der Waals surface area contributed by atoms with Gasteiger partial charge in [-0.15, -0.1) is 6.58 Å². The Hall–Kier alpha value is -0.0400. The van der Waals surface area contributed by atoms with Crippen LogP contribution in [0.1, 0.15) is 0 Å². The smallest absolute Gasteiger partial charge is 0.303 e. The molecule has 0 bridgehead atoms. The van der Waals surface area contributed by atoms with E-state index in [2.05, 4.69) is 11.1 Å². The third-order valence-corrected chi connectivity index (χ3v) is 0.846. The van der Waals surface area contributed by atoms with Crippen LogP contribution in [0.4, 0.5) is 0 Å². The minimum Gasteiger partial charge on any atom is -0.303 e. The molecule has 10 heteroatoms. The van der Waals surface area contributed by atoms with E-state index in [1.165, 1.54) is 6.08 Å². The quantitative estimate of drug-likeness (QED) is 0.321. The molecule has 0 aliphatic heterocycles. The first kappa shape index (κ1) is 15.4. The molecule has 5 N–H and O–H groups in total. The maximum absolute atomic E-state index is 9.81. The number of phosphoric ester groups is 1. The molecule has 0 radical (unpaired) electrons. The van der Waals surface area contributed by atoms with Gasteiger partial charge in [0.25, 0.3) is 0 Å². The number of hydrogen-bond donors (Lipinski definition) is 5. The van der Waals surface area contributed by atoms with Crippen LogP contribution in [0, 0.1) is 0 Å². The fraction of sp³-hybridized carbons (Fsp3) is 0.333. The van der Waals surface area contributed by atoms with E-state index >= 15 is 0 Å². The third-order valence-electron chi connectivity index (χ3n) is 0.361. The summed E-state index contributed by atoms with van der Waals surface area (Å²) in [5.41, 5.74) is 0. The van der Waals surface area contributed by atoms with E-state index in [4.69, 9.17) is 29.0 Å². The molecule has 0 aliphatic carbocycles. The summed E-state index contributed by atoms with van der Waals surface area (Å²) in [6.07, 6.45) is 1.26. The van der Waals surface area contributed by atoms with E-state index in [1.807, 2.05) is 0 Å². The summed E-state index contributed by atoms with van der Waals surface area (Å²) in [5.74, 6) is 0. The molecule has 13 heavy (non-hydrogen) atoms. The minimum atomic E-state index is -4.64. The van der Waals surface area contributed by atoms with E-state index in [9.17, 15) is 4.57 Å². The summed E-state index contributed by atoms with van der Waals surface area (Å²) in [6, 6.07) is 0. The zero-order valence-electron chi connectivity index (χ0n) is 6.35. The van der Waals surface area contributed by atoms with Gasteiger partial charge in [-0.25, -0.2) is 9.13 Å². The van der Waals surface area contributed by atoms with E-state index in [1.54, 1.807) is 0 Å². The van der Waals surface area contributed by atoms with Gasteiger partial charge in [0.2, 0.25) is 0 Å². The summed E-state index contributed by atoms with van der Waals surface area (Å²) in [7, 11) is -8.89. The van der Waals surface area contributed by atoms with Gasteiger partial charge in [-0.3, -0.25) is 4.52 Å². The van der Waals surface area contributed by atoms with Crippen LogP contribution in [0.15, 0.2) is 12.7 Å². The first-order chi connectivity index (χ1) is 5.56. The van der Waals surface area contributed by atoms with Gasteiger partial charge in [-0.2, -0.15) is 0 Å². The van der Waals surface area contributed by atoms with Crippen LogP contribution < -0.4 is 0 Å². The Balaban J connectivity index is 0. The first-order valence-corrected chi connectivity index (χ1v) is 5.75. The Morgan fingerprint density at radius 3 is 1.54 bits per heavy atom. The predicted molar refractivity (Wildman–Crippen MR) is 42.5 cm³/mol. The lowest BCUT2D eigenvalue weighted by atomic mass is 10.7. The Kier molecular flexibility index (Phi) is 7.62. The van der Waals surface area contributed by atoms with Gasteiger partial charge in [0.1, 0.15) is 0 Å². The highest BCUT2D eigenvalue weighted by Crippen LogP contribution is 2.35. The summed E-state index contributed by atoms with van der Waals surface area (Å²) in [5, 5.41) is 0. The Labute approximate surface area is 74.0 Å². The molecule has 0 saturated carbocycles. The molecular formula is C3H10O8P2. The van der Waals surface area contributed by atoms with Crippen molar-refractivity contribution < 1.29 is 38.1 Å². The monoisotopic (exact) mass is 236 g/mol. The van der Waals surface area contributed by atoms with E-state index in [0.717, 1.165) is 0 Å². The van der Waals surface area contributed by atoms with Crippen LogP contribution in [0.3, 0.4) is 0 Å². The topological polar surface area (TPSA) is 145 Å². The summed E-state index contributed by atoms with van der Waals surface area (Å²) in [4.78, 5) is 37.5. The average molecular weight is 236 g/mol. The highest BCUT2D eigenvalue weighted by Gasteiger charge is 2.10. The SMILES string of the molecule is C=CCOP(=O)(O)O.O=P(O)(O)O. The second-order valence-electron chi connectivity index (χ2n) is 1.59. The predicted octanol–water partition coefficient (Wildman–Crippen LogP) is -0.647. The standard InChI is InChI=1S/C3H7O4P.H3O4P/c1-2-3-7-8(4,5)6;1-5(2,3)4/h2H,1,3H2,(H2,4,5,6);(H3,1,2,3,4). The van der Waals surface area contributed by atoms with Gasteiger partial charge in [-0.1, -0.05) is 6.08 Å². The van der Waals surface area contributed by atoms with Crippen LogP contribution in [0.2, 0.25) is 0 Å². The largest absolute Gasteiger partial charge is 0.469 e. The molecule has 80 valence electrons. The molecule has 0 aromatic rings. The lowest BCUT2D eigenvalue weighted by molar-refractivity contribution is 0.216.